The fourth-order valence-electron chi connectivity index (χ4n) is 7.36. The number of aryl methyl sites for hydroxylation is 1. The third-order valence-electron chi connectivity index (χ3n) is 9.18. The van der Waals surface area contributed by atoms with Gasteiger partial charge >= 0.3 is 0 Å². The van der Waals surface area contributed by atoms with Crippen molar-refractivity contribution in [3.63, 3.8) is 0 Å². The third-order valence-corrected chi connectivity index (χ3v) is 10.5. The molecule has 4 aliphatic rings. The maximum atomic E-state index is 13.0. The van der Waals surface area contributed by atoms with Crippen molar-refractivity contribution in [3.05, 3.63) is 41.5 Å². The van der Waals surface area contributed by atoms with Gasteiger partial charge in [0, 0.05) is 23.7 Å². The lowest BCUT2D eigenvalue weighted by Crippen LogP contribution is -2.53. The summed E-state index contributed by atoms with van der Waals surface area (Å²) in [4.78, 5) is 25.1. The normalized spacial score (nSPS) is 36.8. The molecule has 0 amide bonds. The summed E-state index contributed by atoms with van der Waals surface area (Å²) in [5.41, 5.74) is 1.40. The number of benzene rings is 1. The highest BCUT2D eigenvalue weighted by Gasteiger charge is 2.60. The first kappa shape index (κ1) is 22.0. The van der Waals surface area contributed by atoms with Gasteiger partial charge in [0.05, 0.1) is 11.5 Å². The highest BCUT2D eigenvalue weighted by molar-refractivity contribution is 7.86. The van der Waals surface area contributed by atoms with Crippen LogP contribution in [0.25, 0.3) is 0 Å². The molecule has 32 heavy (non-hydrogen) atoms. The molecule has 0 radical (unpaired) electrons. The highest BCUT2D eigenvalue weighted by atomic mass is 32.2. The van der Waals surface area contributed by atoms with Crippen molar-refractivity contribution in [2.45, 2.75) is 70.1 Å². The molecule has 5 nitrogen and oxygen atoms in total. The van der Waals surface area contributed by atoms with Crippen LogP contribution in [-0.2, 0) is 23.9 Å². The molecule has 5 unspecified atom stereocenters. The van der Waals surface area contributed by atoms with Crippen LogP contribution in [0, 0.1) is 35.5 Å². The predicted octanol–water partition coefficient (Wildman–Crippen LogP) is 4.78. The van der Waals surface area contributed by atoms with Crippen molar-refractivity contribution in [2.75, 3.05) is 6.61 Å². The van der Waals surface area contributed by atoms with Crippen LogP contribution in [0.4, 0.5) is 0 Å². The molecule has 0 aliphatic heterocycles. The van der Waals surface area contributed by atoms with E-state index in [0.717, 1.165) is 43.2 Å². The smallest absolute Gasteiger partial charge is 0.297 e. The highest BCUT2D eigenvalue weighted by Crippen LogP contribution is 2.64. The lowest BCUT2D eigenvalue weighted by molar-refractivity contribution is -0.133. The van der Waals surface area contributed by atoms with E-state index in [4.69, 9.17) is 4.18 Å². The number of rotatable bonds is 4. The molecule has 0 saturated heterocycles. The van der Waals surface area contributed by atoms with E-state index >= 15 is 0 Å². The zero-order valence-corrected chi connectivity index (χ0v) is 19.7. The summed E-state index contributed by atoms with van der Waals surface area (Å²) in [7, 11) is -3.89. The SMILES string of the molecule is Cc1ccc(S(=O)(=O)OCC23CCC(=O)C=C2CCC2C4CCC(=O)C4(C)CCC23)cc1. The van der Waals surface area contributed by atoms with Crippen LogP contribution >= 0.6 is 0 Å². The van der Waals surface area contributed by atoms with E-state index < -0.39 is 15.5 Å². The molecular weight excluding hydrogens is 424 g/mol. The fraction of sp³-hybridized carbons (Fsp3) is 0.615. The molecule has 6 heteroatoms. The first-order valence-corrected chi connectivity index (χ1v) is 13.3. The minimum Gasteiger partial charge on any atom is -0.299 e. The molecule has 4 aliphatic carbocycles. The van der Waals surface area contributed by atoms with E-state index in [1.165, 1.54) is 0 Å². The average molecular weight is 457 g/mol. The first-order chi connectivity index (χ1) is 15.2. The van der Waals surface area contributed by atoms with Gasteiger partial charge in [0.15, 0.2) is 5.78 Å². The summed E-state index contributed by atoms with van der Waals surface area (Å²) in [5.74, 6) is 1.53. The Bertz CT molecular complexity index is 1090. The van der Waals surface area contributed by atoms with Crippen molar-refractivity contribution in [1.29, 1.82) is 0 Å². The molecule has 0 heterocycles. The van der Waals surface area contributed by atoms with Gasteiger partial charge in [-0.25, -0.2) is 0 Å². The molecule has 5 atom stereocenters. The number of hydrogen-bond acceptors (Lipinski definition) is 5. The van der Waals surface area contributed by atoms with Crippen LogP contribution < -0.4 is 0 Å². The quantitative estimate of drug-likeness (QED) is 0.609. The maximum Gasteiger partial charge on any atom is 0.297 e. The molecule has 172 valence electrons. The minimum absolute atomic E-state index is 0.0842. The molecule has 0 spiro atoms. The molecule has 3 saturated carbocycles. The van der Waals surface area contributed by atoms with Gasteiger partial charge in [-0.05, 0) is 81.4 Å². The van der Waals surface area contributed by atoms with Gasteiger partial charge in [-0.2, -0.15) is 8.42 Å². The Kier molecular flexibility index (Phi) is 5.25. The number of carbonyl (C=O) groups excluding carboxylic acids is 2. The van der Waals surface area contributed by atoms with Crippen molar-refractivity contribution >= 4 is 21.7 Å². The van der Waals surface area contributed by atoms with Crippen LogP contribution in [0.2, 0.25) is 0 Å². The predicted molar refractivity (Wildman–Crippen MR) is 120 cm³/mol. The molecule has 0 N–H and O–H groups in total. The average Bonchev–Trinajstić information content (AvgIpc) is 3.07. The Hall–Kier alpha value is -1.79. The Morgan fingerprint density at radius 3 is 2.47 bits per heavy atom. The lowest BCUT2D eigenvalue weighted by atomic mass is 9.47. The van der Waals surface area contributed by atoms with Gasteiger partial charge in [-0.3, -0.25) is 13.8 Å². The van der Waals surface area contributed by atoms with E-state index in [2.05, 4.69) is 6.92 Å². The summed E-state index contributed by atoms with van der Waals surface area (Å²) >= 11 is 0. The Balaban J connectivity index is 1.47. The second-order valence-electron chi connectivity index (χ2n) is 10.7. The summed E-state index contributed by atoms with van der Waals surface area (Å²) in [6, 6.07) is 6.72. The van der Waals surface area contributed by atoms with E-state index in [1.807, 2.05) is 6.92 Å². The van der Waals surface area contributed by atoms with E-state index in [1.54, 1.807) is 30.3 Å². The van der Waals surface area contributed by atoms with Crippen LogP contribution in [-0.4, -0.2) is 26.6 Å². The van der Waals surface area contributed by atoms with E-state index in [-0.39, 0.29) is 28.6 Å². The summed E-state index contributed by atoms with van der Waals surface area (Å²) in [6.45, 7) is 4.14. The molecule has 1 aromatic carbocycles. The maximum absolute atomic E-state index is 13.0. The van der Waals surface area contributed by atoms with Crippen molar-refractivity contribution in [1.82, 2.24) is 0 Å². The van der Waals surface area contributed by atoms with Gasteiger partial charge in [0.25, 0.3) is 10.1 Å². The standard InChI is InChI=1S/C26H32O5S/c1-17-3-6-20(7-4-17)32(29,30)31-16-26-14-11-19(27)15-18(26)5-8-21-22-9-10-24(28)25(22,2)13-12-23(21)26/h3-4,6-7,15,21-23H,5,8-14,16H2,1-2H3. The summed E-state index contributed by atoms with van der Waals surface area (Å²) in [5, 5.41) is 0. The Morgan fingerprint density at radius 2 is 1.72 bits per heavy atom. The third kappa shape index (κ3) is 3.33. The lowest BCUT2D eigenvalue weighted by Gasteiger charge is -2.57. The molecular formula is C26H32O5S. The Labute approximate surface area is 190 Å². The first-order valence-electron chi connectivity index (χ1n) is 11.9. The second kappa shape index (κ2) is 7.63. The largest absolute Gasteiger partial charge is 0.299 e. The molecule has 0 aromatic heterocycles. The van der Waals surface area contributed by atoms with Gasteiger partial charge < -0.3 is 0 Å². The monoisotopic (exact) mass is 456 g/mol. The zero-order valence-electron chi connectivity index (χ0n) is 18.9. The molecule has 3 fully saturated rings. The van der Waals surface area contributed by atoms with Crippen molar-refractivity contribution in [2.24, 2.45) is 28.6 Å². The number of carbonyl (C=O) groups is 2. The number of ketones is 2. The fourth-order valence-corrected chi connectivity index (χ4v) is 8.33. The Morgan fingerprint density at radius 1 is 0.969 bits per heavy atom. The van der Waals surface area contributed by atoms with Crippen LogP contribution in [0.5, 0.6) is 0 Å². The van der Waals surface area contributed by atoms with Crippen LogP contribution in [0.1, 0.15) is 63.9 Å². The number of Topliss-reactive ketones (excluding diaryl/α,β-unsaturated/α-hetero) is 1. The topological polar surface area (TPSA) is 77.5 Å². The van der Waals surface area contributed by atoms with Gasteiger partial charge in [0.2, 0.25) is 0 Å². The van der Waals surface area contributed by atoms with Gasteiger partial charge in [-0.1, -0.05) is 30.2 Å². The van der Waals surface area contributed by atoms with Crippen molar-refractivity contribution in [3.8, 4) is 0 Å². The second-order valence-corrected chi connectivity index (χ2v) is 12.3. The number of fused-ring (bicyclic) bond motifs is 5. The zero-order chi connectivity index (χ0) is 22.7. The van der Waals surface area contributed by atoms with Gasteiger partial charge in [0.1, 0.15) is 5.78 Å². The number of hydrogen-bond donors (Lipinski definition) is 0. The molecule has 0 bridgehead atoms. The summed E-state index contributed by atoms with van der Waals surface area (Å²) in [6.07, 6.45) is 7.96. The van der Waals surface area contributed by atoms with E-state index in [9.17, 15) is 18.0 Å². The van der Waals surface area contributed by atoms with Crippen LogP contribution in [0.3, 0.4) is 0 Å². The van der Waals surface area contributed by atoms with Gasteiger partial charge in [-0.15, -0.1) is 0 Å². The van der Waals surface area contributed by atoms with E-state index in [0.29, 0.717) is 36.9 Å². The molecule has 5 rings (SSSR count). The minimum atomic E-state index is -3.89. The van der Waals surface area contributed by atoms with Crippen LogP contribution in [0.15, 0.2) is 40.8 Å². The van der Waals surface area contributed by atoms with Crippen molar-refractivity contribution < 1.29 is 22.2 Å². The molecule has 1 aromatic rings. The summed E-state index contributed by atoms with van der Waals surface area (Å²) < 4.78 is 31.8.